The minimum Gasteiger partial charge on any atom is -0.396 e. The summed E-state index contributed by atoms with van der Waals surface area (Å²) in [5.74, 6) is -0.636. The summed E-state index contributed by atoms with van der Waals surface area (Å²) in [5.41, 5.74) is 12.3. The molecule has 0 atom stereocenters. The number of nitriles is 1. The number of benzene rings is 1. The average Bonchev–Trinajstić information content (AvgIpc) is 2.74. The van der Waals surface area contributed by atoms with Gasteiger partial charge in [-0.25, -0.2) is 0 Å². The lowest BCUT2D eigenvalue weighted by molar-refractivity contribution is 0.100. The van der Waals surface area contributed by atoms with E-state index in [1.54, 1.807) is 12.1 Å². The standard InChI is InChI=1S/C13H11ClN4OS/c14-8-3-1-7(2-4-8)6-18-13-9(5-15)10(16)11(20-13)12(17)19/h1-4,18H,6,16H2,(H2,17,19). The monoisotopic (exact) mass is 306 g/mol. The van der Waals surface area contributed by atoms with E-state index in [4.69, 9.17) is 28.3 Å². The van der Waals surface area contributed by atoms with E-state index in [1.165, 1.54) is 0 Å². The van der Waals surface area contributed by atoms with E-state index in [1.807, 2.05) is 18.2 Å². The maximum Gasteiger partial charge on any atom is 0.261 e. The molecule has 1 heterocycles. The molecule has 5 nitrogen and oxygen atoms in total. The maximum absolute atomic E-state index is 11.2. The number of primary amides is 1. The van der Waals surface area contributed by atoms with Crippen LogP contribution in [0.25, 0.3) is 0 Å². The van der Waals surface area contributed by atoms with Crippen molar-refractivity contribution in [1.82, 2.24) is 0 Å². The van der Waals surface area contributed by atoms with E-state index in [0.29, 0.717) is 16.6 Å². The molecule has 0 saturated carbocycles. The zero-order valence-corrected chi connectivity index (χ0v) is 11.9. The number of thiophene rings is 1. The van der Waals surface area contributed by atoms with Crippen molar-refractivity contribution < 1.29 is 4.79 Å². The van der Waals surface area contributed by atoms with Gasteiger partial charge in [0.05, 0.1) is 5.69 Å². The summed E-state index contributed by atoms with van der Waals surface area (Å²) >= 11 is 6.89. The molecule has 5 N–H and O–H groups in total. The van der Waals surface area contributed by atoms with E-state index in [2.05, 4.69) is 5.32 Å². The Morgan fingerprint density at radius 2 is 2.05 bits per heavy atom. The predicted molar refractivity (Wildman–Crippen MR) is 80.7 cm³/mol. The van der Waals surface area contributed by atoms with Crippen LogP contribution in [-0.4, -0.2) is 5.91 Å². The Kier molecular flexibility index (Phi) is 4.13. The Morgan fingerprint density at radius 3 is 2.60 bits per heavy atom. The molecule has 0 aliphatic heterocycles. The molecule has 0 spiro atoms. The molecule has 1 aromatic carbocycles. The third-order valence-corrected chi connectivity index (χ3v) is 4.08. The quantitative estimate of drug-likeness (QED) is 0.807. The van der Waals surface area contributed by atoms with Gasteiger partial charge in [-0.2, -0.15) is 5.26 Å². The van der Waals surface area contributed by atoms with Gasteiger partial charge in [0.1, 0.15) is 21.5 Å². The first-order valence-corrected chi connectivity index (χ1v) is 6.83. The highest BCUT2D eigenvalue weighted by Crippen LogP contribution is 2.35. The molecular formula is C13H11ClN4OS. The number of nitrogens with zero attached hydrogens (tertiary/aromatic N) is 1. The number of nitrogens with one attached hydrogen (secondary N) is 1. The van der Waals surface area contributed by atoms with Crippen molar-refractivity contribution in [3.05, 3.63) is 45.3 Å². The highest BCUT2D eigenvalue weighted by Gasteiger charge is 2.18. The third-order valence-electron chi connectivity index (χ3n) is 2.65. The molecule has 20 heavy (non-hydrogen) atoms. The van der Waals surface area contributed by atoms with Gasteiger partial charge in [0.15, 0.2) is 0 Å². The Hall–Kier alpha value is -2.23. The van der Waals surface area contributed by atoms with Crippen LogP contribution in [0.5, 0.6) is 0 Å². The van der Waals surface area contributed by atoms with Crippen LogP contribution >= 0.6 is 22.9 Å². The van der Waals surface area contributed by atoms with Gasteiger partial charge < -0.3 is 16.8 Å². The number of hydrogen-bond acceptors (Lipinski definition) is 5. The van der Waals surface area contributed by atoms with E-state index < -0.39 is 5.91 Å². The largest absolute Gasteiger partial charge is 0.396 e. The number of anilines is 2. The van der Waals surface area contributed by atoms with Crippen LogP contribution in [-0.2, 0) is 6.54 Å². The molecule has 0 unspecified atom stereocenters. The Labute approximate surface area is 124 Å². The summed E-state index contributed by atoms with van der Waals surface area (Å²) < 4.78 is 0. The topological polar surface area (TPSA) is 105 Å². The summed E-state index contributed by atoms with van der Waals surface area (Å²) in [7, 11) is 0. The molecule has 0 fully saturated rings. The molecule has 1 aromatic heterocycles. The summed E-state index contributed by atoms with van der Waals surface area (Å²) in [6, 6.07) is 9.27. The Bertz CT molecular complexity index is 688. The van der Waals surface area contributed by atoms with E-state index >= 15 is 0 Å². The lowest BCUT2D eigenvalue weighted by atomic mass is 10.2. The molecule has 2 aromatic rings. The Morgan fingerprint density at radius 1 is 1.40 bits per heavy atom. The molecule has 1 amide bonds. The van der Waals surface area contributed by atoms with Gasteiger partial charge >= 0.3 is 0 Å². The first kappa shape index (κ1) is 14.2. The molecular weight excluding hydrogens is 296 g/mol. The van der Waals surface area contributed by atoms with Crippen LogP contribution < -0.4 is 16.8 Å². The highest BCUT2D eigenvalue weighted by molar-refractivity contribution is 7.18. The van der Waals surface area contributed by atoms with Crippen molar-refractivity contribution in [1.29, 1.82) is 5.26 Å². The third kappa shape index (κ3) is 2.85. The SMILES string of the molecule is N#Cc1c(NCc2ccc(Cl)cc2)sc(C(N)=O)c1N. The zero-order valence-electron chi connectivity index (χ0n) is 10.3. The van der Waals surface area contributed by atoms with E-state index in [-0.39, 0.29) is 16.1 Å². The van der Waals surface area contributed by atoms with Crippen molar-refractivity contribution in [2.24, 2.45) is 5.73 Å². The predicted octanol–water partition coefficient (Wildman–Crippen LogP) is 2.57. The minimum absolute atomic E-state index is 0.128. The van der Waals surface area contributed by atoms with Gasteiger partial charge in [0, 0.05) is 11.6 Å². The van der Waals surface area contributed by atoms with Crippen LogP contribution in [0, 0.1) is 11.3 Å². The second kappa shape index (κ2) is 5.82. The van der Waals surface area contributed by atoms with Gasteiger partial charge in [0.25, 0.3) is 5.91 Å². The fourth-order valence-electron chi connectivity index (χ4n) is 1.65. The molecule has 0 aliphatic rings. The van der Waals surface area contributed by atoms with Crippen LogP contribution in [0.1, 0.15) is 20.8 Å². The van der Waals surface area contributed by atoms with Gasteiger partial charge in [-0.15, -0.1) is 11.3 Å². The molecule has 2 rings (SSSR count). The number of nitrogens with two attached hydrogens (primary N) is 2. The van der Waals surface area contributed by atoms with Crippen LogP contribution in [0.15, 0.2) is 24.3 Å². The molecule has 7 heteroatoms. The van der Waals surface area contributed by atoms with E-state index in [0.717, 1.165) is 16.9 Å². The Balaban J connectivity index is 2.21. The number of carbonyl (C=O) groups excluding carboxylic acids is 1. The zero-order chi connectivity index (χ0) is 14.7. The maximum atomic E-state index is 11.2. The fraction of sp³-hybridized carbons (Fsp3) is 0.0769. The van der Waals surface area contributed by atoms with Gasteiger partial charge in [-0.3, -0.25) is 4.79 Å². The summed E-state index contributed by atoms with van der Waals surface area (Å²) in [6.07, 6.45) is 0. The van der Waals surface area contributed by atoms with E-state index in [9.17, 15) is 4.79 Å². The molecule has 0 saturated heterocycles. The second-order valence-corrected chi connectivity index (χ2v) is 5.46. The fourth-order valence-corrected chi connectivity index (χ4v) is 2.69. The average molecular weight is 307 g/mol. The molecule has 0 aliphatic carbocycles. The highest BCUT2D eigenvalue weighted by atomic mass is 35.5. The number of rotatable bonds is 4. The normalized spacial score (nSPS) is 10.0. The van der Waals surface area contributed by atoms with Crippen molar-refractivity contribution in [2.45, 2.75) is 6.54 Å². The number of nitrogen functional groups attached to an aromatic ring is 1. The van der Waals surface area contributed by atoms with Crippen LogP contribution in [0.2, 0.25) is 5.02 Å². The summed E-state index contributed by atoms with van der Waals surface area (Å²) in [6.45, 7) is 0.490. The van der Waals surface area contributed by atoms with Crippen molar-refractivity contribution >= 4 is 39.5 Å². The lowest BCUT2D eigenvalue weighted by Crippen LogP contribution is -2.10. The molecule has 102 valence electrons. The molecule has 0 bridgehead atoms. The minimum atomic E-state index is -0.636. The summed E-state index contributed by atoms with van der Waals surface area (Å²) in [4.78, 5) is 11.4. The van der Waals surface area contributed by atoms with Gasteiger partial charge in [0.2, 0.25) is 0 Å². The second-order valence-electron chi connectivity index (χ2n) is 4.01. The smallest absolute Gasteiger partial charge is 0.261 e. The summed E-state index contributed by atoms with van der Waals surface area (Å²) in [5, 5.41) is 13.4. The van der Waals surface area contributed by atoms with Crippen molar-refractivity contribution in [3.8, 4) is 6.07 Å². The number of halogens is 1. The van der Waals surface area contributed by atoms with Crippen LogP contribution in [0.4, 0.5) is 10.7 Å². The number of hydrogen-bond donors (Lipinski definition) is 3. The lowest BCUT2D eigenvalue weighted by Gasteiger charge is -2.04. The van der Waals surface area contributed by atoms with Crippen LogP contribution in [0.3, 0.4) is 0 Å². The van der Waals surface area contributed by atoms with Crippen molar-refractivity contribution in [3.63, 3.8) is 0 Å². The number of amides is 1. The number of carbonyl (C=O) groups is 1. The van der Waals surface area contributed by atoms with Crippen molar-refractivity contribution in [2.75, 3.05) is 11.1 Å². The first-order chi connectivity index (χ1) is 9.52. The molecule has 0 radical (unpaired) electrons. The van der Waals surface area contributed by atoms with Gasteiger partial charge in [-0.05, 0) is 17.7 Å². The van der Waals surface area contributed by atoms with Gasteiger partial charge in [-0.1, -0.05) is 23.7 Å². The first-order valence-electron chi connectivity index (χ1n) is 5.63.